The van der Waals surface area contributed by atoms with Crippen LogP contribution in [0.4, 0.5) is 0 Å². The lowest BCUT2D eigenvalue weighted by atomic mass is 9.57. The van der Waals surface area contributed by atoms with Gasteiger partial charge in [0.05, 0.1) is 29.3 Å². The fraction of sp³-hybridized carbons (Fsp3) is 0.400. The largest absolute Gasteiger partial charge is 0.468 e. The van der Waals surface area contributed by atoms with Crippen LogP contribution in [0.15, 0.2) is 59.5 Å². The van der Waals surface area contributed by atoms with Crippen LogP contribution in [0.25, 0.3) is 10.9 Å². The van der Waals surface area contributed by atoms with E-state index in [1.165, 1.54) is 11.1 Å². The minimum Gasteiger partial charge on any atom is -0.468 e. The highest BCUT2D eigenvalue weighted by Crippen LogP contribution is 2.56. The van der Waals surface area contributed by atoms with Crippen LogP contribution in [0, 0.1) is 5.92 Å². The molecule has 8 heteroatoms. The summed E-state index contributed by atoms with van der Waals surface area (Å²) < 4.78 is 40.8. The van der Waals surface area contributed by atoms with Crippen molar-refractivity contribution >= 4 is 26.9 Å². The fourth-order valence-electron chi connectivity index (χ4n) is 6.62. The molecule has 1 aliphatic carbocycles. The van der Waals surface area contributed by atoms with E-state index in [0.29, 0.717) is 30.6 Å². The predicted octanol–water partition coefficient (Wildman–Crippen LogP) is 2.91. The molecule has 5 atom stereocenters. The van der Waals surface area contributed by atoms with Gasteiger partial charge in [0.25, 0.3) is 10.0 Å². The number of nitrogens with zero attached hydrogens (tertiary/aromatic N) is 2. The first-order valence-corrected chi connectivity index (χ1v) is 12.7. The number of aromatic nitrogens is 1. The summed E-state index contributed by atoms with van der Waals surface area (Å²) in [7, 11) is -0.852. The van der Waals surface area contributed by atoms with E-state index in [9.17, 15) is 13.2 Å². The van der Waals surface area contributed by atoms with Crippen molar-refractivity contribution in [2.24, 2.45) is 5.92 Å². The van der Waals surface area contributed by atoms with Gasteiger partial charge in [0.15, 0.2) is 0 Å². The fourth-order valence-corrected chi connectivity index (χ4v) is 8.26. The van der Waals surface area contributed by atoms with Crippen LogP contribution < -0.4 is 0 Å². The van der Waals surface area contributed by atoms with Gasteiger partial charge in [-0.1, -0.05) is 36.4 Å². The van der Waals surface area contributed by atoms with Gasteiger partial charge >= 0.3 is 5.97 Å². The monoisotopic (exact) mass is 466 g/mol. The molecule has 0 spiro atoms. The number of methoxy groups -OCH3 is 2. The highest BCUT2D eigenvalue weighted by atomic mass is 32.2. The summed E-state index contributed by atoms with van der Waals surface area (Å²) in [6.45, 7) is 1.43. The van der Waals surface area contributed by atoms with Crippen molar-refractivity contribution in [3.05, 3.63) is 65.9 Å². The molecule has 4 aliphatic rings. The Bertz CT molecular complexity index is 1370. The third-order valence-electron chi connectivity index (χ3n) is 7.90. The minimum absolute atomic E-state index is 0.0501. The molecule has 2 aromatic carbocycles. The van der Waals surface area contributed by atoms with Gasteiger partial charge < -0.3 is 9.47 Å². The number of carbonyl (C=O) groups is 1. The molecule has 3 fully saturated rings. The molecular weight excluding hydrogens is 440 g/mol. The molecule has 0 N–H and O–H groups in total. The maximum absolute atomic E-state index is 14.1. The molecule has 3 aliphatic heterocycles. The second kappa shape index (κ2) is 7.16. The van der Waals surface area contributed by atoms with Gasteiger partial charge in [0.1, 0.15) is 5.41 Å². The third-order valence-corrected chi connectivity index (χ3v) is 9.63. The number of carbonyl (C=O) groups excluding carboxylic acids is 1. The van der Waals surface area contributed by atoms with Gasteiger partial charge in [-0.3, -0.25) is 9.69 Å². The van der Waals surface area contributed by atoms with Crippen molar-refractivity contribution in [1.82, 2.24) is 8.87 Å². The number of hydrogen-bond acceptors (Lipinski definition) is 6. The molecule has 2 saturated heterocycles. The van der Waals surface area contributed by atoms with Crippen molar-refractivity contribution in [3.8, 4) is 0 Å². The summed E-state index contributed by atoms with van der Waals surface area (Å²) in [4.78, 5) is 16.2. The highest BCUT2D eigenvalue weighted by molar-refractivity contribution is 7.90. The van der Waals surface area contributed by atoms with E-state index in [1.54, 1.807) is 37.4 Å². The Morgan fingerprint density at radius 1 is 1.06 bits per heavy atom. The molecule has 7 rings (SSSR count). The van der Waals surface area contributed by atoms with Gasteiger partial charge in [-0.25, -0.2) is 12.4 Å². The topological polar surface area (TPSA) is 77.8 Å². The first kappa shape index (κ1) is 20.9. The van der Waals surface area contributed by atoms with Crippen LogP contribution >= 0.6 is 0 Å². The second-order valence-corrected chi connectivity index (χ2v) is 11.1. The quantitative estimate of drug-likeness (QED) is 0.551. The summed E-state index contributed by atoms with van der Waals surface area (Å²) >= 11 is 0. The van der Waals surface area contributed by atoms with E-state index in [4.69, 9.17) is 9.47 Å². The summed E-state index contributed by atoms with van der Waals surface area (Å²) in [5.41, 5.74) is 1.00. The molecule has 2 unspecified atom stereocenters. The van der Waals surface area contributed by atoms with Gasteiger partial charge in [0, 0.05) is 31.6 Å². The Hall–Kier alpha value is -2.68. The lowest BCUT2D eigenvalue weighted by Gasteiger charge is -2.60. The zero-order valence-electron chi connectivity index (χ0n) is 18.6. The number of ether oxygens (including phenoxy) is 2. The molecule has 4 heterocycles. The Kier molecular flexibility index (Phi) is 4.53. The average Bonchev–Trinajstić information content (AvgIpc) is 3.19. The van der Waals surface area contributed by atoms with Crippen molar-refractivity contribution in [2.45, 2.75) is 41.8 Å². The first-order valence-electron chi connectivity index (χ1n) is 11.2. The van der Waals surface area contributed by atoms with Gasteiger partial charge in [0.2, 0.25) is 0 Å². The highest BCUT2D eigenvalue weighted by Gasteiger charge is 2.65. The Balaban J connectivity index is 1.71. The number of fused-ring (bicyclic) bond motifs is 4. The first-order chi connectivity index (χ1) is 15.9. The average molecular weight is 467 g/mol. The molecule has 172 valence electrons. The van der Waals surface area contributed by atoms with Crippen LogP contribution in [-0.2, 0) is 36.3 Å². The maximum atomic E-state index is 14.1. The second-order valence-electron chi connectivity index (χ2n) is 9.31. The zero-order chi connectivity index (χ0) is 23.0. The van der Waals surface area contributed by atoms with Crippen molar-refractivity contribution < 1.29 is 22.7 Å². The van der Waals surface area contributed by atoms with E-state index in [-0.39, 0.29) is 28.9 Å². The zero-order valence-corrected chi connectivity index (χ0v) is 19.4. The Labute approximate surface area is 192 Å². The van der Waals surface area contributed by atoms with Gasteiger partial charge in [-0.15, -0.1) is 0 Å². The normalized spacial score (nSPS) is 30.2. The van der Waals surface area contributed by atoms with Crippen molar-refractivity contribution in [2.75, 3.05) is 20.8 Å². The third kappa shape index (κ3) is 2.62. The summed E-state index contributed by atoms with van der Waals surface area (Å²) in [6.07, 6.45) is 1.23. The molecule has 3 aromatic rings. The van der Waals surface area contributed by atoms with E-state index in [1.807, 2.05) is 24.3 Å². The summed E-state index contributed by atoms with van der Waals surface area (Å²) in [5.74, 6) is -0.247. The number of para-hydroxylation sites is 1. The van der Waals surface area contributed by atoms with Gasteiger partial charge in [-0.05, 0) is 42.5 Å². The Morgan fingerprint density at radius 3 is 2.48 bits per heavy atom. The van der Waals surface area contributed by atoms with Crippen LogP contribution in [0.2, 0.25) is 0 Å². The molecule has 0 radical (unpaired) electrons. The number of esters is 1. The summed E-state index contributed by atoms with van der Waals surface area (Å²) in [6, 6.07) is 15.8. The minimum atomic E-state index is -3.96. The van der Waals surface area contributed by atoms with Crippen LogP contribution in [-0.4, -0.2) is 56.2 Å². The maximum Gasteiger partial charge on any atom is 0.319 e. The van der Waals surface area contributed by atoms with Crippen molar-refractivity contribution in [3.63, 3.8) is 0 Å². The molecule has 1 saturated carbocycles. The van der Waals surface area contributed by atoms with E-state index in [0.717, 1.165) is 17.5 Å². The molecule has 0 amide bonds. The standard InChI is InChI=1S/C25H26N2O5S/c1-31-21-12-22-25(24(28)32-2)13-16(21)14-26(22)15-19-18-10-6-7-11-20(18)27(23(19)25)33(29,30)17-8-4-3-5-9-17/h3-11,16,21-22H,12-15H2,1-2H3/t16-,21?,22+,25+/m0/s1. The van der Waals surface area contributed by atoms with Crippen LogP contribution in [0.5, 0.6) is 0 Å². The van der Waals surface area contributed by atoms with E-state index < -0.39 is 15.4 Å². The van der Waals surface area contributed by atoms with E-state index in [2.05, 4.69) is 4.90 Å². The lowest BCUT2D eigenvalue weighted by molar-refractivity contribution is -0.171. The SMILES string of the molecule is COC(=O)[C@@]12C[C@H]3CN(Cc4c1n(S(=O)(=O)c1ccccc1)c1ccccc41)[C@@H]2CC3OC. The predicted molar refractivity (Wildman–Crippen MR) is 122 cm³/mol. The number of hydrogen-bond donors (Lipinski definition) is 0. The molecule has 33 heavy (non-hydrogen) atoms. The molecule has 7 nitrogen and oxygen atoms in total. The van der Waals surface area contributed by atoms with Crippen LogP contribution in [0.3, 0.4) is 0 Å². The smallest absolute Gasteiger partial charge is 0.319 e. The van der Waals surface area contributed by atoms with Crippen molar-refractivity contribution in [1.29, 1.82) is 0 Å². The molecule has 1 aromatic heterocycles. The van der Waals surface area contributed by atoms with Gasteiger partial charge in [-0.2, -0.15) is 0 Å². The Morgan fingerprint density at radius 2 is 1.79 bits per heavy atom. The number of piperidine rings is 2. The number of rotatable bonds is 4. The van der Waals surface area contributed by atoms with E-state index >= 15 is 0 Å². The molecular formula is C25H26N2O5S. The van der Waals surface area contributed by atoms with Crippen LogP contribution in [0.1, 0.15) is 24.1 Å². The molecule has 4 bridgehead atoms. The number of benzene rings is 2. The lowest BCUT2D eigenvalue weighted by Crippen LogP contribution is -2.70. The summed E-state index contributed by atoms with van der Waals surface area (Å²) in [5, 5.41) is 0.867.